The zero-order valence-electron chi connectivity index (χ0n) is 15.7. The van der Waals surface area contributed by atoms with Crippen molar-refractivity contribution in [3.8, 4) is 5.69 Å². The molecule has 0 aliphatic carbocycles. The lowest BCUT2D eigenvalue weighted by Crippen LogP contribution is -1.94. The van der Waals surface area contributed by atoms with E-state index in [4.69, 9.17) is 21.0 Å². The highest BCUT2D eigenvalue weighted by molar-refractivity contribution is 6.35. The van der Waals surface area contributed by atoms with Gasteiger partial charge in [0.2, 0.25) is 5.78 Å². The molecule has 30 heavy (non-hydrogen) atoms. The minimum absolute atomic E-state index is 0.690. The molecule has 0 aliphatic heterocycles. The van der Waals surface area contributed by atoms with E-state index < -0.39 is 0 Å². The van der Waals surface area contributed by atoms with Gasteiger partial charge in [-0.1, -0.05) is 48.0 Å². The van der Waals surface area contributed by atoms with E-state index in [2.05, 4.69) is 45.4 Å². The predicted molar refractivity (Wildman–Crippen MR) is 122 cm³/mol. The van der Waals surface area contributed by atoms with E-state index in [1.165, 1.54) is 0 Å². The highest BCUT2D eigenvalue weighted by atomic mass is 35.5. The summed E-state index contributed by atoms with van der Waals surface area (Å²) in [7, 11) is 0. The highest BCUT2D eigenvalue weighted by Gasteiger charge is 2.19. The third kappa shape index (κ3) is 1.98. The molecule has 0 fully saturated rings. The molecule has 7 aromatic rings. The summed E-state index contributed by atoms with van der Waals surface area (Å²) in [5.41, 5.74) is 6.68. The molecule has 3 heterocycles. The zero-order chi connectivity index (χ0) is 19.8. The number of hydrogen-bond donors (Lipinski definition) is 0. The first-order valence-corrected chi connectivity index (χ1v) is 10.2. The topological polar surface area (TPSA) is 35.4 Å². The van der Waals surface area contributed by atoms with E-state index in [1.807, 2.05) is 48.5 Å². The number of para-hydroxylation sites is 4. The van der Waals surface area contributed by atoms with Crippen molar-refractivity contribution in [3.63, 3.8) is 0 Å². The molecule has 4 nitrogen and oxygen atoms in total. The van der Waals surface area contributed by atoms with Crippen molar-refractivity contribution in [2.75, 3.05) is 0 Å². The van der Waals surface area contributed by atoms with Crippen molar-refractivity contribution in [3.05, 3.63) is 90.0 Å². The third-order valence-corrected chi connectivity index (χ3v) is 6.10. The van der Waals surface area contributed by atoms with Crippen LogP contribution in [0.2, 0.25) is 5.02 Å². The normalized spacial score (nSPS) is 12.2. The predicted octanol–water partition coefficient (Wildman–Crippen LogP) is 6.98. The summed E-state index contributed by atoms with van der Waals surface area (Å²) in [6.45, 7) is 0. The SMILES string of the molecule is Clc1cccc2nc3n(-c4ccc5c(c4)oc4ccccc45)c4ccccc4n3c12. The van der Waals surface area contributed by atoms with E-state index in [-0.39, 0.29) is 0 Å². The Balaban J connectivity index is 1.63. The van der Waals surface area contributed by atoms with Gasteiger partial charge in [0.15, 0.2) is 0 Å². The van der Waals surface area contributed by atoms with Crippen LogP contribution < -0.4 is 0 Å². The Hall–Kier alpha value is -3.76. The first-order chi connectivity index (χ1) is 14.8. The van der Waals surface area contributed by atoms with Gasteiger partial charge in [0, 0.05) is 16.8 Å². The van der Waals surface area contributed by atoms with Crippen LogP contribution in [0.15, 0.2) is 89.3 Å². The standard InChI is InChI=1S/C25H14ClN3O/c26-18-7-5-8-19-24(18)29-21-10-3-2-9-20(21)28(25(29)27-19)15-12-13-17-16-6-1-4-11-22(16)30-23(17)14-15/h1-14H. The van der Waals surface area contributed by atoms with Gasteiger partial charge in [-0.05, 0) is 42.5 Å². The Morgan fingerprint density at radius 3 is 2.47 bits per heavy atom. The number of imidazole rings is 2. The Bertz CT molecular complexity index is 1770. The van der Waals surface area contributed by atoms with Crippen LogP contribution in [0.4, 0.5) is 0 Å². The molecule has 0 spiro atoms. The molecule has 142 valence electrons. The Labute approximate surface area is 175 Å². The fraction of sp³-hybridized carbons (Fsp3) is 0. The van der Waals surface area contributed by atoms with Gasteiger partial charge in [-0.3, -0.25) is 8.97 Å². The summed E-state index contributed by atoms with van der Waals surface area (Å²) in [6, 6.07) is 28.6. The van der Waals surface area contributed by atoms with Crippen molar-refractivity contribution in [2.24, 2.45) is 0 Å². The molecule has 0 saturated carbocycles. The molecular weight excluding hydrogens is 394 g/mol. The summed E-state index contributed by atoms with van der Waals surface area (Å²) in [6.07, 6.45) is 0. The van der Waals surface area contributed by atoms with Crippen molar-refractivity contribution < 1.29 is 4.42 Å². The van der Waals surface area contributed by atoms with E-state index in [9.17, 15) is 0 Å². The average Bonchev–Trinajstić information content (AvgIpc) is 3.41. The minimum atomic E-state index is 0.690. The summed E-state index contributed by atoms with van der Waals surface area (Å²) >= 11 is 6.57. The van der Waals surface area contributed by atoms with Crippen LogP contribution in [-0.2, 0) is 0 Å². The van der Waals surface area contributed by atoms with Crippen molar-refractivity contribution in [1.29, 1.82) is 0 Å². The maximum Gasteiger partial charge on any atom is 0.220 e. The molecule has 0 amide bonds. The molecule has 4 aromatic carbocycles. The molecule has 3 aromatic heterocycles. The van der Waals surface area contributed by atoms with E-state index in [0.29, 0.717) is 5.02 Å². The van der Waals surface area contributed by atoms with Gasteiger partial charge in [-0.25, -0.2) is 4.98 Å². The number of halogens is 1. The second kappa shape index (κ2) is 5.65. The fourth-order valence-electron chi connectivity index (χ4n) is 4.51. The summed E-state index contributed by atoms with van der Waals surface area (Å²) in [4.78, 5) is 4.92. The minimum Gasteiger partial charge on any atom is -0.456 e. The third-order valence-electron chi connectivity index (χ3n) is 5.79. The molecule has 0 bridgehead atoms. The van der Waals surface area contributed by atoms with Gasteiger partial charge in [0.1, 0.15) is 11.2 Å². The molecule has 0 N–H and O–H groups in total. The number of nitrogens with zero attached hydrogens (tertiary/aromatic N) is 3. The quantitative estimate of drug-likeness (QED) is 0.294. The van der Waals surface area contributed by atoms with Crippen LogP contribution in [0.1, 0.15) is 0 Å². The van der Waals surface area contributed by atoms with E-state index >= 15 is 0 Å². The summed E-state index contributed by atoms with van der Waals surface area (Å²) in [5.74, 6) is 0.828. The van der Waals surface area contributed by atoms with Crippen LogP contribution in [-0.4, -0.2) is 14.0 Å². The van der Waals surface area contributed by atoms with Gasteiger partial charge in [0.25, 0.3) is 0 Å². The monoisotopic (exact) mass is 407 g/mol. The van der Waals surface area contributed by atoms with E-state index in [0.717, 1.165) is 55.5 Å². The molecule has 5 heteroatoms. The average molecular weight is 408 g/mol. The van der Waals surface area contributed by atoms with Crippen molar-refractivity contribution >= 4 is 61.4 Å². The lowest BCUT2D eigenvalue weighted by molar-refractivity contribution is 0.668. The smallest absolute Gasteiger partial charge is 0.220 e. The molecular formula is C25H14ClN3O. The Morgan fingerprint density at radius 1 is 0.733 bits per heavy atom. The lowest BCUT2D eigenvalue weighted by atomic mass is 10.1. The molecule has 0 aliphatic rings. The van der Waals surface area contributed by atoms with Gasteiger partial charge in [-0.15, -0.1) is 0 Å². The largest absolute Gasteiger partial charge is 0.456 e. The van der Waals surface area contributed by atoms with Crippen molar-refractivity contribution in [1.82, 2.24) is 14.0 Å². The van der Waals surface area contributed by atoms with Gasteiger partial charge >= 0.3 is 0 Å². The molecule has 0 radical (unpaired) electrons. The number of fused-ring (bicyclic) bond motifs is 8. The van der Waals surface area contributed by atoms with Gasteiger partial charge in [0.05, 0.1) is 32.8 Å². The number of furan rings is 1. The summed E-state index contributed by atoms with van der Waals surface area (Å²) < 4.78 is 10.4. The Morgan fingerprint density at radius 2 is 1.53 bits per heavy atom. The molecule has 7 rings (SSSR count). The fourth-order valence-corrected chi connectivity index (χ4v) is 4.76. The van der Waals surface area contributed by atoms with Crippen LogP contribution in [0.5, 0.6) is 0 Å². The second-order valence-electron chi connectivity index (χ2n) is 7.46. The van der Waals surface area contributed by atoms with Crippen LogP contribution in [0.3, 0.4) is 0 Å². The van der Waals surface area contributed by atoms with Crippen LogP contribution in [0, 0.1) is 0 Å². The first-order valence-electron chi connectivity index (χ1n) is 9.77. The Kier molecular flexibility index (Phi) is 3.03. The maximum absolute atomic E-state index is 6.57. The zero-order valence-corrected chi connectivity index (χ0v) is 16.5. The molecule has 0 unspecified atom stereocenters. The number of rotatable bonds is 1. The maximum atomic E-state index is 6.57. The first kappa shape index (κ1) is 16.1. The van der Waals surface area contributed by atoms with E-state index in [1.54, 1.807) is 0 Å². The van der Waals surface area contributed by atoms with Crippen LogP contribution >= 0.6 is 11.6 Å². The second-order valence-corrected chi connectivity index (χ2v) is 7.86. The molecule has 0 atom stereocenters. The molecule has 0 saturated heterocycles. The lowest BCUT2D eigenvalue weighted by Gasteiger charge is -2.05. The highest BCUT2D eigenvalue weighted by Crippen LogP contribution is 2.34. The van der Waals surface area contributed by atoms with Gasteiger partial charge in [-0.2, -0.15) is 0 Å². The number of aromatic nitrogens is 3. The van der Waals surface area contributed by atoms with Crippen LogP contribution in [0.25, 0.3) is 55.5 Å². The number of hydrogen-bond acceptors (Lipinski definition) is 2. The number of benzene rings is 4. The van der Waals surface area contributed by atoms with Crippen molar-refractivity contribution in [2.45, 2.75) is 0 Å². The summed E-state index contributed by atoms with van der Waals surface area (Å²) in [5, 5.41) is 2.92. The van der Waals surface area contributed by atoms with Gasteiger partial charge < -0.3 is 4.42 Å².